The minimum Gasteiger partial charge on any atom is -0.488 e. The molecule has 1 saturated heterocycles. The molecule has 3 N–H and O–H groups in total. The predicted octanol–water partition coefficient (Wildman–Crippen LogP) is 1.47. The first-order valence-corrected chi connectivity index (χ1v) is 10.4. The molecule has 1 aromatic carbocycles. The van der Waals surface area contributed by atoms with Gasteiger partial charge in [0.1, 0.15) is 17.3 Å². The number of ether oxygens (including phenoxy) is 1. The summed E-state index contributed by atoms with van der Waals surface area (Å²) in [6.45, 7) is 1.21. The molecule has 28 heavy (non-hydrogen) atoms. The highest BCUT2D eigenvalue weighted by atomic mass is 35.5. The van der Waals surface area contributed by atoms with Crippen LogP contribution in [0.3, 0.4) is 0 Å². The lowest BCUT2D eigenvalue weighted by Crippen LogP contribution is -2.52. The van der Waals surface area contributed by atoms with Crippen molar-refractivity contribution in [3.8, 4) is 5.75 Å². The molecule has 1 unspecified atom stereocenters. The Hall–Kier alpha value is -2.14. The van der Waals surface area contributed by atoms with Crippen molar-refractivity contribution in [2.24, 2.45) is 7.05 Å². The maximum absolute atomic E-state index is 13.3. The molecule has 150 valence electrons. The SMILES string of the molecule is Cn1cc2c(c1C(=O)Nc1ccc(F)c(Cl)c1)OCC1(CCNC1)NS2(=O)=O. The first-order valence-electron chi connectivity index (χ1n) is 8.54. The van der Waals surface area contributed by atoms with Crippen LogP contribution in [0.4, 0.5) is 10.1 Å². The number of anilines is 1. The van der Waals surface area contributed by atoms with Gasteiger partial charge >= 0.3 is 0 Å². The van der Waals surface area contributed by atoms with E-state index in [0.717, 1.165) is 6.07 Å². The molecule has 2 aliphatic rings. The number of aryl methyl sites for hydroxylation is 1. The van der Waals surface area contributed by atoms with Gasteiger partial charge in [-0.1, -0.05) is 11.6 Å². The molecular weight excluding hydrogens is 411 g/mol. The molecular formula is C17H18ClFN4O4S. The summed E-state index contributed by atoms with van der Waals surface area (Å²) in [5.41, 5.74) is -0.428. The lowest BCUT2D eigenvalue weighted by Gasteiger charge is -2.26. The van der Waals surface area contributed by atoms with E-state index in [4.69, 9.17) is 16.3 Å². The van der Waals surface area contributed by atoms with Gasteiger partial charge in [0.25, 0.3) is 5.91 Å². The van der Waals surface area contributed by atoms with Crippen molar-refractivity contribution in [2.75, 3.05) is 25.0 Å². The van der Waals surface area contributed by atoms with Crippen LogP contribution in [0.15, 0.2) is 29.3 Å². The van der Waals surface area contributed by atoms with E-state index in [1.54, 1.807) is 7.05 Å². The van der Waals surface area contributed by atoms with Crippen LogP contribution in [-0.4, -0.2) is 44.1 Å². The van der Waals surface area contributed by atoms with E-state index in [0.29, 0.717) is 19.5 Å². The van der Waals surface area contributed by atoms with Gasteiger partial charge in [-0.05, 0) is 31.2 Å². The summed E-state index contributed by atoms with van der Waals surface area (Å²) in [5, 5.41) is 5.58. The molecule has 0 saturated carbocycles. The molecule has 8 nitrogen and oxygen atoms in total. The van der Waals surface area contributed by atoms with Gasteiger partial charge < -0.3 is 19.9 Å². The van der Waals surface area contributed by atoms with Gasteiger partial charge in [0.2, 0.25) is 10.0 Å². The minimum absolute atomic E-state index is 0.00974. The predicted molar refractivity (Wildman–Crippen MR) is 101 cm³/mol. The van der Waals surface area contributed by atoms with Gasteiger partial charge in [0.05, 0.1) is 10.6 Å². The molecule has 1 atom stereocenters. The number of benzene rings is 1. The molecule has 2 aromatic rings. The Morgan fingerprint density at radius 3 is 2.89 bits per heavy atom. The fourth-order valence-corrected chi connectivity index (χ4v) is 5.26. The molecule has 4 rings (SSSR count). The lowest BCUT2D eigenvalue weighted by atomic mass is 10.0. The Bertz CT molecular complexity index is 1060. The van der Waals surface area contributed by atoms with Crippen LogP contribution in [0, 0.1) is 5.82 Å². The smallest absolute Gasteiger partial charge is 0.276 e. The molecule has 1 spiro atoms. The zero-order valence-electron chi connectivity index (χ0n) is 14.9. The number of hydrogen-bond acceptors (Lipinski definition) is 5. The summed E-state index contributed by atoms with van der Waals surface area (Å²) in [6, 6.07) is 3.76. The average molecular weight is 429 g/mol. The number of rotatable bonds is 2. The van der Waals surface area contributed by atoms with E-state index in [2.05, 4.69) is 15.4 Å². The number of halogens is 2. The van der Waals surface area contributed by atoms with E-state index in [9.17, 15) is 17.6 Å². The Balaban J connectivity index is 1.69. The van der Waals surface area contributed by atoms with Crippen molar-refractivity contribution in [2.45, 2.75) is 16.9 Å². The average Bonchev–Trinajstić information content (AvgIpc) is 3.18. The van der Waals surface area contributed by atoms with Crippen molar-refractivity contribution >= 4 is 33.2 Å². The standard InChI is InChI=1S/C17H18ClFN4O4S/c1-23-7-13-15(27-9-17(4-5-20-8-17)22-28(13,25)26)14(23)16(24)21-10-2-3-12(19)11(18)6-10/h2-3,6-7,20,22H,4-5,8-9H2,1H3,(H,21,24). The van der Waals surface area contributed by atoms with E-state index >= 15 is 0 Å². The van der Waals surface area contributed by atoms with Crippen molar-refractivity contribution in [1.29, 1.82) is 0 Å². The first-order chi connectivity index (χ1) is 13.2. The zero-order chi connectivity index (χ0) is 20.1. The van der Waals surface area contributed by atoms with Crippen LogP contribution in [-0.2, 0) is 17.1 Å². The molecule has 1 amide bonds. The van der Waals surface area contributed by atoms with E-state index in [1.165, 1.54) is 22.9 Å². The molecule has 1 aromatic heterocycles. The van der Waals surface area contributed by atoms with Crippen molar-refractivity contribution in [3.63, 3.8) is 0 Å². The number of hydrogen-bond donors (Lipinski definition) is 3. The number of amides is 1. The highest BCUT2D eigenvalue weighted by Crippen LogP contribution is 2.35. The Labute approximate surface area is 166 Å². The fourth-order valence-electron chi connectivity index (χ4n) is 3.47. The summed E-state index contributed by atoms with van der Waals surface area (Å²) >= 11 is 5.75. The van der Waals surface area contributed by atoms with Crippen LogP contribution >= 0.6 is 11.6 Å². The van der Waals surface area contributed by atoms with E-state index < -0.39 is 27.3 Å². The number of aromatic nitrogens is 1. The van der Waals surface area contributed by atoms with Gasteiger partial charge in [-0.3, -0.25) is 4.79 Å². The number of nitrogens with zero attached hydrogens (tertiary/aromatic N) is 1. The minimum atomic E-state index is -3.88. The van der Waals surface area contributed by atoms with Crippen molar-refractivity contribution < 1.29 is 22.3 Å². The maximum Gasteiger partial charge on any atom is 0.276 e. The highest BCUT2D eigenvalue weighted by Gasteiger charge is 2.44. The third kappa shape index (κ3) is 3.26. The summed E-state index contributed by atoms with van der Waals surface area (Å²) in [4.78, 5) is 12.7. The topological polar surface area (TPSA) is 101 Å². The van der Waals surface area contributed by atoms with Crippen molar-refractivity contribution in [1.82, 2.24) is 14.6 Å². The van der Waals surface area contributed by atoms with Gasteiger partial charge in [0.15, 0.2) is 11.4 Å². The number of fused-ring (bicyclic) bond motifs is 1. The third-order valence-corrected chi connectivity index (χ3v) is 6.73. The molecule has 1 fully saturated rings. The molecule has 11 heteroatoms. The van der Waals surface area contributed by atoms with Gasteiger partial charge in [-0.25, -0.2) is 17.5 Å². The molecule has 3 heterocycles. The Morgan fingerprint density at radius 2 is 2.21 bits per heavy atom. The van der Waals surface area contributed by atoms with Crippen LogP contribution < -0.4 is 20.1 Å². The monoisotopic (exact) mass is 428 g/mol. The van der Waals surface area contributed by atoms with Crippen LogP contribution in [0.2, 0.25) is 5.02 Å². The van der Waals surface area contributed by atoms with Crippen molar-refractivity contribution in [3.05, 3.63) is 40.9 Å². The number of sulfonamides is 1. The molecule has 0 radical (unpaired) electrons. The van der Waals surface area contributed by atoms with Gasteiger partial charge in [-0.2, -0.15) is 0 Å². The summed E-state index contributed by atoms with van der Waals surface area (Å²) < 4.78 is 49.0. The van der Waals surface area contributed by atoms with E-state index in [-0.39, 0.29) is 33.7 Å². The largest absolute Gasteiger partial charge is 0.488 e. The normalized spacial score (nSPS) is 23.1. The van der Waals surface area contributed by atoms with Crippen LogP contribution in [0.25, 0.3) is 0 Å². The van der Waals surface area contributed by atoms with Crippen LogP contribution in [0.1, 0.15) is 16.9 Å². The molecule has 2 aliphatic heterocycles. The fraction of sp³-hybridized carbons (Fsp3) is 0.353. The highest BCUT2D eigenvalue weighted by molar-refractivity contribution is 7.89. The second-order valence-electron chi connectivity index (χ2n) is 6.97. The lowest BCUT2D eigenvalue weighted by molar-refractivity contribution is 0.101. The Morgan fingerprint density at radius 1 is 1.43 bits per heavy atom. The molecule has 0 bridgehead atoms. The van der Waals surface area contributed by atoms with Gasteiger partial charge in [0, 0.05) is 25.5 Å². The summed E-state index contributed by atoms with van der Waals surface area (Å²) in [5.74, 6) is -1.21. The quantitative estimate of drug-likeness (QED) is 0.672. The maximum atomic E-state index is 13.3. The van der Waals surface area contributed by atoms with Gasteiger partial charge in [-0.15, -0.1) is 0 Å². The number of carbonyl (C=O) groups is 1. The second-order valence-corrected chi connectivity index (χ2v) is 9.02. The summed E-state index contributed by atoms with van der Waals surface area (Å²) in [6.07, 6.45) is 1.92. The first kappa shape index (κ1) is 19.2. The zero-order valence-corrected chi connectivity index (χ0v) is 16.5. The second kappa shape index (κ2) is 6.73. The van der Waals surface area contributed by atoms with E-state index in [1.807, 2.05) is 0 Å². The van der Waals surface area contributed by atoms with Crippen LogP contribution in [0.5, 0.6) is 5.75 Å². The third-order valence-electron chi connectivity index (χ3n) is 4.87. The summed E-state index contributed by atoms with van der Waals surface area (Å²) in [7, 11) is -2.33. The number of nitrogens with one attached hydrogen (secondary N) is 3. The Kier molecular flexibility index (Phi) is 4.61. The molecule has 0 aliphatic carbocycles. The number of carbonyl (C=O) groups excluding carboxylic acids is 1.